The van der Waals surface area contributed by atoms with Crippen LogP contribution in [0.15, 0.2) is 18.3 Å². The molecule has 122 valence electrons. The topological polar surface area (TPSA) is 91.3 Å². The van der Waals surface area contributed by atoms with Gasteiger partial charge in [0.25, 0.3) is 0 Å². The van der Waals surface area contributed by atoms with E-state index in [1.165, 1.54) is 19.3 Å². The molecule has 4 atom stereocenters. The largest absolute Gasteiger partial charge is 0.488 e. The van der Waals surface area contributed by atoms with Crippen LogP contribution < -0.4 is 20.9 Å². The van der Waals surface area contributed by atoms with Gasteiger partial charge in [0.1, 0.15) is 17.8 Å². The summed E-state index contributed by atoms with van der Waals surface area (Å²) in [4.78, 5) is 9.00. The van der Waals surface area contributed by atoms with Crippen molar-refractivity contribution in [3.8, 4) is 11.6 Å². The monoisotopic (exact) mass is 314 g/mol. The summed E-state index contributed by atoms with van der Waals surface area (Å²) in [5.41, 5.74) is 2.68. The Morgan fingerprint density at radius 1 is 1.26 bits per heavy atom. The summed E-state index contributed by atoms with van der Waals surface area (Å²) >= 11 is 0. The highest BCUT2D eigenvalue weighted by molar-refractivity contribution is 5.91. The van der Waals surface area contributed by atoms with E-state index < -0.39 is 0 Å². The lowest BCUT2D eigenvalue weighted by molar-refractivity contribution is 0.235. The Labute approximate surface area is 135 Å². The fraction of sp³-hybridized carbons (Fsp3) is 0.529. The number of hydrogen-bond acceptors (Lipinski definition) is 6. The van der Waals surface area contributed by atoms with E-state index in [0.29, 0.717) is 11.9 Å². The molecule has 2 aromatic rings. The molecule has 4 N–H and O–H groups in total. The summed E-state index contributed by atoms with van der Waals surface area (Å²) in [7, 11) is 1.63. The zero-order chi connectivity index (χ0) is 14.7. The summed E-state index contributed by atoms with van der Waals surface area (Å²) in [6.07, 6.45) is 5.93. The molecule has 2 fully saturated rings. The van der Waals surface area contributed by atoms with Gasteiger partial charge in [-0.2, -0.15) is 0 Å². The first-order valence-corrected chi connectivity index (χ1v) is 8.06. The maximum absolute atomic E-state index is 5.99. The van der Waals surface area contributed by atoms with Crippen molar-refractivity contribution >= 4 is 16.7 Å². The molecule has 23 heavy (non-hydrogen) atoms. The highest BCUT2D eigenvalue weighted by Gasteiger charge is 2.51. The van der Waals surface area contributed by atoms with Crippen LogP contribution in [-0.2, 0) is 0 Å². The summed E-state index contributed by atoms with van der Waals surface area (Å²) < 4.78 is 11.2. The van der Waals surface area contributed by atoms with Crippen LogP contribution in [0.5, 0.6) is 11.6 Å². The number of methoxy groups -OCH3 is 1. The molecule has 0 bridgehead atoms. The van der Waals surface area contributed by atoms with E-state index >= 15 is 0 Å². The maximum Gasteiger partial charge on any atom is 0.213 e. The number of aromatic nitrogens is 2. The Balaban J connectivity index is 0.00000135. The number of rotatable bonds is 2. The maximum atomic E-state index is 5.99. The second kappa shape index (κ2) is 5.23. The normalized spacial score (nSPS) is 30.5. The minimum atomic E-state index is 0. The molecule has 3 heterocycles. The number of nitrogens with zero attached hydrogens (tertiary/aromatic N) is 2. The average molecular weight is 314 g/mol. The Kier molecular flexibility index (Phi) is 3.30. The van der Waals surface area contributed by atoms with Crippen LogP contribution in [0.3, 0.4) is 0 Å². The van der Waals surface area contributed by atoms with Gasteiger partial charge in [0, 0.05) is 6.07 Å². The van der Waals surface area contributed by atoms with E-state index in [9.17, 15) is 0 Å². The minimum Gasteiger partial charge on any atom is -0.488 e. The van der Waals surface area contributed by atoms with E-state index in [1.807, 2.05) is 12.1 Å². The number of hydrogen-bond donors (Lipinski definition) is 2. The Morgan fingerprint density at radius 2 is 2.17 bits per heavy atom. The van der Waals surface area contributed by atoms with Crippen molar-refractivity contribution in [2.45, 2.75) is 25.3 Å². The lowest BCUT2D eigenvalue weighted by Crippen LogP contribution is -2.38. The van der Waals surface area contributed by atoms with E-state index in [4.69, 9.17) is 9.47 Å². The van der Waals surface area contributed by atoms with Gasteiger partial charge in [0.15, 0.2) is 5.75 Å². The number of fused-ring (bicyclic) bond motifs is 4. The van der Waals surface area contributed by atoms with Gasteiger partial charge < -0.3 is 20.9 Å². The summed E-state index contributed by atoms with van der Waals surface area (Å²) in [5, 5.41) is 3.71. The highest BCUT2D eigenvalue weighted by atomic mass is 16.5. The SMILES string of the molecule is COc1ccc2ncc3c(c2n1)NC(C1CCC2CC21)CO3.N. The zero-order valence-corrected chi connectivity index (χ0v) is 13.3. The van der Waals surface area contributed by atoms with E-state index in [1.54, 1.807) is 13.3 Å². The molecule has 1 aliphatic heterocycles. The van der Waals surface area contributed by atoms with Gasteiger partial charge in [-0.3, -0.25) is 4.98 Å². The number of anilines is 1. The average Bonchev–Trinajstić information content (AvgIpc) is 3.24. The second-order valence-electron chi connectivity index (χ2n) is 6.68. The van der Waals surface area contributed by atoms with Crippen molar-refractivity contribution in [2.75, 3.05) is 19.0 Å². The first-order chi connectivity index (χ1) is 10.8. The van der Waals surface area contributed by atoms with Gasteiger partial charge in [-0.15, -0.1) is 0 Å². The molecule has 4 unspecified atom stereocenters. The Morgan fingerprint density at radius 3 is 2.91 bits per heavy atom. The Hall–Kier alpha value is -2.08. The molecule has 3 aliphatic rings. The van der Waals surface area contributed by atoms with E-state index in [-0.39, 0.29) is 6.15 Å². The third-order valence-electron chi connectivity index (χ3n) is 5.52. The molecule has 2 aliphatic carbocycles. The first kappa shape index (κ1) is 14.5. The molecule has 2 aromatic heterocycles. The van der Waals surface area contributed by atoms with Crippen molar-refractivity contribution < 1.29 is 9.47 Å². The number of ether oxygens (including phenoxy) is 2. The molecule has 2 saturated carbocycles. The van der Waals surface area contributed by atoms with Crippen molar-refractivity contribution in [3.05, 3.63) is 18.3 Å². The van der Waals surface area contributed by atoms with Crippen molar-refractivity contribution in [2.24, 2.45) is 17.8 Å². The van der Waals surface area contributed by atoms with Gasteiger partial charge in [-0.25, -0.2) is 4.98 Å². The van der Waals surface area contributed by atoms with Crippen LogP contribution in [0.1, 0.15) is 19.3 Å². The minimum absolute atomic E-state index is 0. The number of pyridine rings is 2. The fourth-order valence-corrected chi connectivity index (χ4v) is 4.28. The molecule has 0 radical (unpaired) electrons. The lowest BCUT2D eigenvalue weighted by Gasteiger charge is -2.32. The lowest BCUT2D eigenvalue weighted by atomic mass is 9.93. The van der Waals surface area contributed by atoms with Crippen LogP contribution >= 0.6 is 0 Å². The van der Waals surface area contributed by atoms with Gasteiger partial charge in [-0.05, 0) is 43.1 Å². The fourth-order valence-electron chi connectivity index (χ4n) is 4.28. The standard InChI is InChI=1S/C17H19N3O2.H3N/c1-21-15-5-4-12-16(20-15)17-14(7-18-12)22-8-13(19-17)10-3-2-9-6-11(9)10;/h4-5,7,9-11,13,19H,2-3,6,8H2,1H3;1H3. The second-order valence-corrected chi connectivity index (χ2v) is 6.68. The van der Waals surface area contributed by atoms with E-state index in [0.717, 1.165) is 46.8 Å². The number of nitrogens with one attached hydrogen (secondary N) is 1. The smallest absolute Gasteiger partial charge is 0.213 e. The molecule has 6 heteroatoms. The van der Waals surface area contributed by atoms with Crippen LogP contribution in [-0.4, -0.2) is 29.7 Å². The van der Waals surface area contributed by atoms with Crippen molar-refractivity contribution in [1.29, 1.82) is 0 Å². The Bertz CT molecular complexity index is 745. The molecule has 0 saturated heterocycles. The van der Waals surface area contributed by atoms with Crippen molar-refractivity contribution in [3.63, 3.8) is 0 Å². The zero-order valence-electron chi connectivity index (χ0n) is 13.3. The molecule has 0 spiro atoms. The predicted molar refractivity (Wildman–Crippen MR) is 88.3 cm³/mol. The predicted octanol–water partition coefficient (Wildman–Crippen LogP) is 3.02. The van der Waals surface area contributed by atoms with Crippen LogP contribution in [0, 0.1) is 17.8 Å². The molecule has 5 rings (SSSR count). The van der Waals surface area contributed by atoms with Gasteiger partial charge in [0.05, 0.1) is 24.9 Å². The van der Waals surface area contributed by atoms with Gasteiger partial charge in [0.2, 0.25) is 5.88 Å². The summed E-state index contributed by atoms with van der Waals surface area (Å²) in [5.74, 6) is 4.05. The molecule has 6 nitrogen and oxygen atoms in total. The summed E-state index contributed by atoms with van der Waals surface area (Å²) in [6, 6.07) is 4.18. The van der Waals surface area contributed by atoms with E-state index in [2.05, 4.69) is 15.3 Å². The van der Waals surface area contributed by atoms with Crippen LogP contribution in [0.25, 0.3) is 11.0 Å². The van der Waals surface area contributed by atoms with Gasteiger partial charge in [-0.1, -0.05) is 0 Å². The third kappa shape index (κ3) is 2.20. The van der Waals surface area contributed by atoms with Gasteiger partial charge >= 0.3 is 0 Å². The van der Waals surface area contributed by atoms with Crippen LogP contribution in [0.4, 0.5) is 5.69 Å². The first-order valence-electron chi connectivity index (χ1n) is 8.06. The third-order valence-corrected chi connectivity index (χ3v) is 5.52. The van der Waals surface area contributed by atoms with Crippen LogP contribution in [0.2, 0.25) is 0 Å². The molecular weight excluding hydrogens is 292 g/mol. The quantitative estimate of drug-likeness (QED) is 0.885. The molecular formula is C17H22N4O2. The highest BCUT2D eigenvalue weighted by Crippen LogP contribution is 2.57. The molecule has 0 aromatic carbocycles. The molecule has 0 amide bonds. The van der Waals surface area contributed by atoms with Crippen molar-refractivity contribution in [1.82, 2.24) is 16.1 Å². The summed E-state index contributed by atoms with van der Waals surface area (Å²) in [6.45, 7) is 0.734.